The van der Waals surface area contributed by atoms with Gasteiger partial charge in [-0.2, -0.15) is 0 Å². The predicted molar refractivity (Wildman–Crippen MR) is 48.3 cm³/mol. The Morgan fingerprint density at radius 1 is 1.08 bits per heavy atom. The van der Waals surface area contributed by atoms with Crippen LogP contribution >= 0.6 is 0 Å². The summed E-state index contributed by atoms with van der Waals surface area (Å²) < 4.78 is 5.88. The highest BCUT2D eigenvalue weighted by molar-refractivity contribution is 4.94. The van der Waals surface area contributed by atoms with Crippen molar-refractivity contribution in [2.24, 2.45) is 0 Å². The first-order chi connectivity index (χ1) is 5.70. The fourth-order valence-electron chi connectivity index (χ4n) is 2.33. The van der Waals surface area contributed by atoms with Gasteiger partial charge in [0.05, 0.1) is 12.2 Å². The maximum absolute atomic E-state index is 5.88. The molecule has 0 radical (unpaired) electrons. The molecule has 3 heteroatoms. The van der Waals surface area contributed by atoms with E-state index in [2.05, 4.69) is 23.9 Å². The molecular weight excluding hydrogens is 152 g/mol. The lowest BCUT2D eigenvalue weighted by Crippen LogP contribution is -2.51. The van der Waals surface area contributed by atoms with Crippen LogP contribution in [0.4, 0.5) is 0 Å². The highest BCUT2D eigenvalue weighted by Crippen LogP contribution is 2.27. The average molecular weight is 170 g/mol. The molecule has 3 nitrogen and oxygen atoms in total. The fraction of sp³-hybridized carbons (Fsp3) is 1.00. The van der Waals surface area contributed by atoms with Crippen LogP contribution in [0.25, 0.3) is 0 Å². The van der Waals surface area contributed by atoms with E-state index < -0.39 is 0 Å². The zero-order valence-electron chi connectivity index (χ0n) is 8.05. The Labute approximate surface area is 74.3 Å². The third-order valence-electron chi connectivity index (χ3n) is 2.95. The molecule has 2 aliphatic rings. The second-order valence-corrected chi connectivity index (χ2v) is 4.26. The summed E-state index contributed by atoms with van der Waals surface area (Å²) in [4.78, 5) is 4.74. The molecule has 0 N–H and O–H groups in total. The third-order valence-corrected chi connectivity index (χ3v) is 2.95. The van der Waals surface area contributed by atoms with E-state index in [1.54, 1.807) is 0 Å². The molecule has 12 heavy (non-hydrogen) atoms. The molecule has 0 amide bonds. The number of hydrogen-bond donors (Lipinski definition) is 0. The monoisotopic (exact) mass is 170 g/mol. The van der Waals surface area contributed by atoms with Crippen LogP contribution in [0.15, 0.2) is 0 Å². The minimum Gasteiger partial charge on any atom is -0.371 e. The van der Waals surface area contributed by atoms with Crippen LogP contribution in [0.1, 0.15) is 6.42 Å². The number of likely N-dealkylation sites (N-methyl/N-ethyl adjacent to an activating group) is 2. The van der Waals surface area contributed by atoms with Gasteiger partial charge in [-0.05, 0) is 20.5 Å². The molecule has 2 aliphatic heterocycles. The molecule has 0 aliphatic carbocycles. The van der Waals surface area contributed by atoms with Gasteiger partial charge < -0.3 is 14.5 Å². The van der Waals surface area contributed by atoms with Gasteiger partial charge in [0.15, 0.2) is 0 Å². The van der Waals surface area contributed by atoms with Crippen LogP contribution in [0, 0.1) is 0 Å². The zero-order chi connectivity index (χ0) is 8.60. The van der Waals surface area contributed by atoms with E-state index in [0.717, 1.165) is 26.2 Å². The first kappa shape index (κ1) is 8.48. The summed E-state index contributed by atoms with van der Waals surface area (Å²) in [5.41, 5.74) is 0.168. The minimum atomic E-state index is 0.168. The van der Waals surface area contributed by atoms with Crippen molar-refractivity contribution in [3.8, 4) is 0 Å². The molecule has 0 aromatic heterocycles. The van der Waals surface area contributed by atoms with Crippen LogP contribution in [0.3, 0.4) is 0 Å². The van der Waals surface area contributed by atoms with Gasteiger partial charge in [-0.3, -0.25) is 0 Å². The van der Waals surface area contributed by atoms with E-state index in [9.17, 15) is 0 Å². The van der Waals surface area contributed by atoms with Gasteiger partial charge in [-0.1, -0.05) is 0 Å². The van der Waals surface area contributed by atoms with Crippen molar-refractivity contribution < 1.29 is 4.74 Å². The van der Waals surface area contributed by atoms with Crippen LogP contribution < -0.4 is 0 Å². The van der Waals surface area contributed by atoms with Crippen LogP contribution in [0.5, 0.6) is 0 Å². The summed E-state index contributed by atoms with van der Waals surface area (Å²) in [5.74, 6) is 0. The maximum Gasteiger partial charge on any atom is 0.0947 e. The Morgan fingerprint density at radius 2 is 1.75 bits per heavy atom. The largest absolute Gasteiger partial charge is 0.371 e. The third kappa shape index (κ3) is 1.49. The van der Waals surface area contributed by atoms with E-state index in [-0.39, 0.29) is 5.60 Å². The van der Waals surface area contributed by atoms with Gasteiger partial charge in [0.2, 0.25) is 0 Å². The molecule has 2 heterocycles. The normalized spacial score (nSPS) is 39.5. The molecule has 0 aromatic carbocycles. The molecule has 1 atom stereocenters. The molecule has 2 rings (SSSR count). The fourth-order valence-corrected chi connectivity index (χ4v) is 2.33. The van der Waals surface area contributed by atoms with Crippen LogP contribution in [-0.4, -0.2) is 62.3 Å². The Hall–Kier alpha value is -0.120. The standard InChI is InChI=1S/C9H18N2O/c1-10-4-3-9(7-10)8-11(2)5-6-12-9/h3-8H2,1-2H3. The van der Waals surface area contributed by atoms with Crippen molar-refractivity contribution in [3.05, 3.63) is 0 Å². The van der Waals surface area contributed by atoms with Gasteiger partial charge in [-0.15, -0.1) is 0 Å². The molecule has 0 aromatic rings. The lowest BCUT2D eigenvalue weighted by atomic mass is 10.0. The average Bonchev–Trinajstić information content (AvgIpc) is 2.32. The molecule has 0 saturated carbocycles. The number of nitrogens with zero attached hydrogens (tertiary/aromatic N) is 2. The summed E-state index contributed by atoms with van der Waals surface area (Å²) in [5, 5.41) is 0. The number of rotatable bonds is 0. The van der Waals surface area contributed by atoms with Crippen molar-refractivity contribution in [3.63, 3.8) is 0 Å². The molecule has 1 unspecified atom stereocenters. The summed E-state index contributed by atoms with van der Waals surface area (Å²) in [6.45, 7) is 5.40. The summed E-state index contributed by atoms with van der Waals surface area (Å²) in [6.07, 6.45) is 1.20. The molecule has 70 valence electrons. The Balaban J connectivity index is 2.00. The second kappa shape index (κ2) is 2.98. The van der Waals surface area contributed by atoms with Crippen LogP contribution in [-0.2, 0) is 4.74 Å². The summed E-state index contributed by atoms with van der Waals surface area (Å²) >= 11 is 0. The SMILES string of the molecule is CN1CCOC2(CCN(C)C2)C1. The Kier molecular flexibility index (Phi) is 2.10. The number of ether oxygens (including phenoxy) is 1. The second-order valence-electron chi connectivity index (χ2n) is 4.26. The van der Waals surface area contributed by atoms with Crippen molar-refractivity contribution in [2.45, 2.75) is 12.0 Å². The Morgan fingerprint density at radius 3 is 2.33 bits per heavy atom. The highest BCUT2D eigenvalue weighted by atomic mass is 16.5. The lowest BCUT2D eigenvalue weighted by Gasteiger charge is -2.38. The maximum atomic E-state index is 5.88. The number of likely N-dealkylation sites (tertiary alicyclic amines) is 1. The number of morpholine rings is 1. The van der Waals surface area contributed by atoms with Gasteiger partial charge in [0, 0.05) is 26.2 Å². The van der Waals surface area contributed by atoms with Gasteiger partial charge in [0.1, 0.15) is 0 Å². The molecule has 0 bridgehead atoms. The van der Waals surface area contributed by atoms with Crippen molar-refractivity contribution >= 4 is 0 Å². The predicted octanol–water partition coefficient (Wildman–Crippen LogP) is 0.0227. The van der Waals surface area contributed by atoms with Crippen molar-refractivity contribution in [1.82, 2.24) is 9.80 Å². The summed E-state index contributed by atoms with van der Waals surface area (Å²) in [7, 11) is 4.36. The van der Waals surface area contributed by atoms with Crippen LogP contribution in [0.2, 0.25) is 0 Å². The first-order valence-electron chi connectivity index (χ1n) is 4.71. The zero-order valence-corrected chi connectivity index (χ0v) is 8.05. The van der Waals surface area contributed by atoms with Crippen molar-refractivity contribution in [2.75, 3.05) is 46.9 Å². The van der Waals surface area contributed by atoms with E-state index in [1.807, 2.05) is 0 Å². The van der Waals surface area contributed by atoms with Gasteiger partial charge >= 0.3 is 0 Å². The van der Waals surface area contributed by atoms with E-state index in [1.165, 1.54) is 13.0 Å². The highest BCUT2D eigenvalue weighted by Gasteiger charge is 2.40. The van der Waals surface area contributed by atoms with Gasteiger partial charge in [-0.25, -0.2) is 0 Å². The molecular formula is C9H18N2O. The quantitative estimate of drug-likeness (QED) is 0.510. The molecule has 2 fully saturated rings. The molecule has 2 saturated heterocycles. The Bertz CT molecular complexity index is 170. The molecule has 1 spiro atoms. The smallest absolute Gasteiger partial charge is 0.0947 e. The van der Waals surface area contributed by atoms with Crippen molar-refractivity contribution in [1.29, 1.82) is 0 Å². The van der Waals surface area contributed by atoms with E-state index >= 15 is 0 Å². The number of hydrogen-bond acceptors (Lipinski definition) is 3. The lowest BCUT2D eigenvalue weighted by molar-refractivity contribution is -0.0939. The van der Waals surface area contributed by atoms with Gasteiger partial charge in [0.25, 0.3) is 0 Å². The summed E-state index contributed by atoms with van der Waals surface area (Å²) in [6, 6.07) is 0. The van der Waals surface area contributed by atoms with E-state index in [4.69, 9.17) is 4.74 Å². The minimum absolute atomic E-state index is 0.168. The first-order valence-corrected chi connectivity index (χ1v) is 4.71. The topological polar surface area (TPSA) is 15.7 Å². The van der Waals surface area contributed by atoms with E-state index in [0.29, 0.717) is 0 Å².